The smallest absolute Gasteiger partial charge is 0.00228 e. The highest BCUT2D eigenvalue weighted by Gasteiger charge is 2.31. The SMILES string of the molecule is CC1=C2CC=C2[C@H]1C. The quantitative estimate of drug-likeness (QED) is 0.444. The average Bonchev–Trinajstić information content (AvgIpc) is 1.64. The molecule has 0 bridgehead atoms. The molecule has 42 valence electrons. The van der Waals surface area contributed by atoms with Gasteiger partial charge in [-0.1, -0.05) is 18.6 Å². The van der Waals surface area contributed by atoms with Crippen LogP contribution in [0.4, 0.5) is 0 Å². The van der Waals surface area contributed by atoms with Crippen LogP contribution < -0.4 is 0 Å². The van der Waals surface area contributed by atoms with Crippen molar-refractivity contribution in [3.63, 3.8) is 0 Å². The third-order valence-electron chi connectivity index (χ3n) is 2.47. The van der Waals surface area contributed by atoms with E-state index in [-0.39, 0.29) is 0 Å². The first-order valence-corrected chi connectivity index (χ1v) is 3.21. The van der Waals surface area contributed by atoms with Gasteiger partial charge in [-0.05, 0) is 24.5 Å². The summed E-state index contributed by atoms with van der Waals surface area (Å²) in [7, 11) is 0. The van der Waals surface area contributed by atoms with Gasteiger partial charge in [-0.15, -0.1) is 0 Å². The summed E-state index contributed by atoms with van der Waals surface area (Å²) in [6, 6.07) is 0. The van der Waals surface area contributed by atoms with E-state index >= 15 is 0 Å². The Kier molecular flexibility index (Phi) is 0.585. The molecular formula is C8H10. The zero-order chi connectivity index (χ0) is 5.72. The van der Waals surface area contributed by atoms with Crippen LogP contribution in [-0.4, -0.2) is 0 Å². The van der Waals surface area contributed by atoms with Gasteiger partial charge in [0.2, 0.25) is 0 Å². The van der Waals surface area contributed by atoms with E-state index in [2.05, 4.69) is 19.9 Å². The Morgan fingerprint density at radius 2 is 2.38 bits per heavy atom. The standard InChI is InChI=1S/C8H10/c1-5-6(2)8-4-3-7(5)8/h3,5H,4H2,1-2H3/t5-/m0/s1. The van der Waals surface area contributed by atoms with Crippen LogP contribution in [0.15, 0.2) is 22.8 Å². The molecule has 2 rings (SSSR count). The molecule has 0 amide bonds. The molecule has 0 aromatic carbocycles. The number of allylic oxidation sites excluding steroid dienone is 4. The molecule has 2 aliphatic rings. The molecule has 0 aromatic heterocycles. The highest BCUT2D eigenvalue weighted by Crippen LogP contribution is 2.47. The molecule has 0 aliphatic heterocycles. The van der Waals surface area contributed by atoms with Crippen LogP contribution in [0.2, 0.25) is 0 Å². The zero-order valence-corrected chi connectivity index (χ0v) is 5.36. The lowest BCUT2D eigenvalue weighted by Crippen LogP contribution is -2.22. The van der Waals surface area contributed by atoms with Crippen molar-refractivity contribution in [2.45, 2.75) is 20.3 Å². The van der Waals surface area contributed by atoms with Crippen LogP contribution >= 0.6 is 0 Å². The van der Waals surface area contributed by atoms with Gasteiger partial charge in [0, 0.05) is 5.92 Å². The Morgan fingerprint density at radius 3 is 2.50 bits per heavy atom. The minimum Gasteiger partial charge on any atom is -0.0760 e. The van der Waals surface area contributed by atoms with Crippen LogP contribution in [0.25, 0.3) is 0 Å². The van der Waals surface area contributed by atoms with Crippen molar-refractivity contribution in [2.75, 3.05) is 0 Å². The Labute approximate surface area is 49.9 Å². The zero-order valence-electron chi connectivity index (χ0n) is 5.36. The highest BCUT2D eigenvalue weighted by molar-refractivity contribution is 5.57. The van der Waals surface area contributed by atoms with Gasteiger partial charge in [-0.2, -0.15) is 0 Å². The third kappa shape index (κ3) is 0.262. The van der Waals surface area contributed by atoms with Crippen LogP contribution in [0, 0.1) is 5.92 Å². The molecule has 0 spiro atoms. The maximum atomic E-state index is 2.34. The largest absolute Gasteiger partial charge is 0.0760 e. The molecule has 0 saturated heterocycles. The van der Waals surface area contributed by atoms with E-state index in [1.807, 2.05) is 0 Å². The predicted molar refractivity (Wildman–Crippen MR) is 34.6 cm³/mol. The summed E-state index contributed by atoms with van der Waals surface area (Å²) in [5.41, 5.74) is 4.91. The Bertz CT molecular complexity index is 194. The predicted octanol–water partition coefficient (Wildman–Crippen LogP) is 2.28. The van der Waals surface area contributed by atoms with E-state index in [1.165, 1.54) is 6.42 Å². The molecule has 0 unspecified atom stereocenters. The summed E-state index contributed by atoms with van der Waals surface area (Å²) in [4.78, 5) is 0. The van der Waals surface area contributed by atoms with Crippen molar-refractivity contribution in [2.24, 2.45) is 5.92 Å². The van der Waals surface area contributed by atoms with Crippen molar-refractivity contribution in [1.29, 1.82) is 0 Å². The molecule has 2 aliphatic carbocycles. The van der Waals surface area contributed by atoms with E-state index in [4.69, 9.17) is 0 Å². The second kappa shape index (κ2) is 1.07. The number of hydrogen-bond acceptors (Lipinski definition) is 0. The van der Waals surface area contributed by atoms with E-state index < -0.39 is 0 Å². The maximum absolute atomic E-state index is 2.34. The van der Waals surface area contributed by atoms with Crippen molar-refractivity contribution >= 4 is 0 Å². The normalized spacial score (nSPS) is 32.8. The van der Waals surface area contributed by atoms with Gasteiger partial charge in [0.1, 0.15) is 0 Å². The molecule has 8 heavy (non-hydrogen) atoms. The van der Waals surface area contributed by atoms with Gasteiger partial charge in [0.25, 0.3) is 0 Å². The Hall–Kier alpha value is -0.520. The topological polar surface area (TPSA) is 0 Å². The van der Waals surface area contributed by atoms with E-state index in [9.17, 15) is 0 Å². The van der Waals surface area contributed by atoms with Crippen LogP contribution in [0.3, 0.4) is 0 Å². The summed E-state index contributed by atoms with van der Waals surface area (Å²) in [5.74, 6) is 0.804. The molecule has 0 fully saturated rings. The molecule has 0 N–H and O–H groups in total. The first-order chi connectivity index (χ1) is 3.80. The fraction of sp³-hybridized carbons (Fsp3) is 0.500. The molecular weight excluding hydrogens is 96.1 g/mol. The average molecular weight is 106 g/mol. The highest BCUT2D eigenvalue weighted by atomic mass is 14.4. The molecule has 0 aromatic rings. The maximum Gasteiger partial charge on any atom is 0.00228 e. The third-order valence-corrected chi connectivity index (χ3v) is 2.47. The fourth-order valence-electron chi connectivity index (χ4n) is 1.57. The number of rotatable bonds is 0. The van der Waals surface area contributed by atoms with Crippen LogP contribution in [-0.2, 0) is 0 Å². The van der Waals surface area contributed by atoms with Crippen molar-refractivity contribution < 1.29 is 0 Å². The van der Waals surface area contributed by atoms with Gasteiger partial charge in [0.05, 0.1) is 0 Å². The summed E-state index contributed by atoms with van der Waals surface area (Å²) in [6.45, 7) is 4.53. The summed E-state index contributed by atoms with van der Waals surface area (Å²) >= 11 is 0. The monoisotopic (exact) mass is 106 g/mol. The lowest BCUT2D eigenvalue weighted by Gasteiger charge is -2.38. The summed E-state index contributed by atoms with van der Waals surface area (Å²) < 4.78 is 0. The number of fused-ring (bicyclic) bond motifs is 1. The lowest BCUT2D eigenvalue weighted by atomic mass is 9.67. The Balaban J connectivity index is 2.47. The second-order valence-electron chi connectivity index (χ2n) is 2.75. The minimum absolute atomic E-state index is 0.804. The molecule has 0 nitrogen and oxygen atoms in total. The molecule has 0 heteroatoms. The van der Waals surface area contributed by atoms with Gasteiger partial charge >= 0.3 is 0 Å². The van der Waals surface area contributed by atoms with E-state index in [1.54, 1.807) is 16.7 Å². The minimum atomic E-state index is 0.804. The second-order valence-corrected chi connectivity index (χ2v) is 2.75. The van der Waals surface area contributed by atoms with Crippen LogP contribution in [0.5, 0.6) is 0 Å². The van der Waals surface area contributed by atoms with Crippen molar-refractivity contribution in [1.82, 2.24) is 0 Å². The lowest BCUT2D eigenvalue weighted by molar-refractivity contribution is 0.673. The van der Waals surface area contributed by atoms with Gasteiger partial charge in [-0.25, -0.2) is 0 Å². The molecule has 0 saturated carbocycles. The van der Waals surface area contributed by atoms with E-state index in [0.29, 0.717) is 0 Å². The number of hydrogen-bond donors (Lipinski definition) is 0. The molecule has 0 radical (unpaired) electrons. The van der Waals surface area contributed by atoms with Gasteiger partial charge < -0.3 is 0 Å². The first-order valence-electron chi connectivity index (χ1n) is 3.21. The van der Waals surface area contributed by atoms with Crippen molar-refractivity contribution in [3.8, 4) is 0 Å². The first kappa shape index (κ1) is 4.37. The van der Waals surface area contributed by atoms with Gasteiger partial charge in [0.15, 0.2) is 0 Å². The Morgan fingerprint density at radius 1 is 1.62 bits per heavy atom. The summed E-state index contributed by atoms with van der Waals surface area (Å²) in [6.07, 6.45) is 3.60. The van der Waals surface area contributed by atoms with E-state index in [0.717, 1.165) is 5.92 Å². The molecule has 0 heterocycles. The fourth-order valence-corrected chi connectivity index (χ4v) is 1.57. The summed E-state index contributed by atoms with van der Waals surface area (Å²) in [5, 5.41) is 0. The molecule has 1 atom stereocenters. The van der Waals surface area contributed by atoms with Crippen LogP contribution in [0.1, 0.15) is 20.3 Å². The van der Waals surface area contributed by atoms with Crippen molar-refractivity contribution in [3.05, 3.63) is 22.8 Å². The van der Waals surface area contributed by atoms with Gasteiger partial charge in [-0.3, -0.25) is 0 Å².